The predicted molar refractivity (Wildman–Crippen MR) is 109 cm³/mol. The minimum absolute atomic E-state index is 0.00548. The van der Waals surface area contributed by atoms with Crippen molar-refractivity contribution >= 4 is 17.7 Å². The van der Waals surface area contributed by atoms with Crippen LogP contribution in [0.25, 0.3) is 11.3 Å². The minimum Gasteiger partial charge on any atom is -0.350 e. The largest absolute Gasteiger partial charge is 0.350 e. The number of carbonyl (C=O) groups excluding carboxylic acids is 1. The Morgan fingerprint density at radius 2 is 1.85 bits per heavy atom. The van der Waals surface area contributed by atoms with Crippen molar-refractivity contribution in [3.05, 3.63) is 66.1 Å². The molecule has 0 bridgehead atoms. The molecule has 0 aliphatic rings. The van der Waals surface area contributed by atoms with Crippen molar-refractivity contribution in [2.24, 2.45) is 7.05 Å². The average Bonchev–Trinajstić information content (AvgIpc) is 3.03. The van der Waals surface area contributed by atoms with Crippen molar-refractivity contribution in [1.82, 2.24) is 20.1 Å². The highest BCUT2D eigenvalue weighted by Gasteiger charge is 2.09. The molecule has 6 heteroatoms. The molecule has 5 nitrogen and oxygen atoms in total. The van der Waals surface area contributed by atoms with Gasteiger partial charge in [0.1, 0.15) is 0 Å². The summed E-state index contributed by atoms with van der Waals surface area (Å²) in [6.07, 6.45) is 3.87. The normalized spacial score (nSPS) is 11.0. The topological polar surface area (TPSA) is 59.8 Å². The maximum absolute atomic E-state index is 12.3. The van der Waals surface area contributed by atoms with E-state index in [-0.39, 0.29) is 5.91 Å². The molecule has 0 unspecified atom stereocenters. The second-order valence-corrected chi connectivity index (χ2v) is 8.29. The third kappa shape index (κ3) is 5.44. The fraction of sp³-hybridized carbons (Fsp3) is 0.286. The molecule has 0 fully saturated rings. The summed E-state index contributed by atoms with van der Waals surface area (Å²) < 4.78 is 1.80. The smallest absolute Gasteiger partial charge is 0.224 e. The SMILES string of the molecule is CC(C)Sc1ccc(CC(=O)NCc2cc(-c3ccncc3)nn2C)cc1. The fourth-order valence-corrected chi connectivity index (χ4v) is 3.57. The molecular formula is C21H24N4OS. The zero-order valence-corrected chi connectivity index (χ0v) is 16.7. The van der Waals surface area contributed by atoms with Crippen LogP contribution in [0.3, 0.4) is 0 Å². The summed E-state index contributed by atoms with van der Waals surface area (Å²) in [5, 5.41) is 8.04. The molecule has 140 valence electrons. The highest BCUT2D eigenvalue weighted by molar-refractivity contribution is 7.99. The van der Waals surface area contributed by atoms with Gasteiger partial charge in [0.15, 0.2) is 0 Å². The Hall–Kier alpha value is -2.60. The summed E-state index contributed by atoms with van der Waals surface area (Å²) in [7, 11) is 1.89. The van der Waals surface area contributed by atoms with Crippen molar-refractivity contribution in [3.63, 3.8) is 0 Å². The van der Waals surface area contributed by atoms with Gasteiger partial charge in [-0.2, -0.15) is 5.10 Å². The number of hydrogen-bond donors (Lipinski definition) is 1. The molecule has 0 atom stereocenters. The molecule has 2 heterocycles. The number of aryl methyl sites for hydroxylation is 1. The first-order valence-electron chi connectivity index (χ1n) is 8.97. The number of amides is 1. The first-order chi connectivity index (χ1) is 13.0. The molecule has 0 saturated carbocycles. The van der Waals surface area contributed by atoms with Gasteiger partial charge in [-0.25, -0.2) is 0 Å². The van der Waals surface area contributed by atoms with Gasteiger partial charge in [0.05, 0.1) is 24.4 Å². The van der Waals surface area contributed by atoms with Crippen molar-refractivity contribution < 1.29 is 4.79 Å². The van der Waals surface area contributed by atoms with Crippen LogP contribution in [0.4, 0.5) is 0 Å². The number of aromatic nitrogens is 3. The molecular weight excluding hydrogens is 356 g/mol. The van der Waals surface area contributed by atoms with E-state index in [1.807, 2.05) is 49.1 Å². The van der Waals surface area contributed by atoms with Gasteiger partial charge in [-0.1, -0.05) is 26.0 Å². The van der Waals surface area contributed by atoms with Crippen molar-refractivity contribution in [3.8, 4) is 11.3 Å². The lowest BCUT2D eigenvalue weighted by molar-refractivity contribution is -0.120. The number of hydrogen-bond acceptors (Lipinski definition) is 4. The molecule has 1 aromatic carbocycles. The van der Waals surface area contributed by atoms with Gasteiger partial charge in [-0.15, -0.1) is 11.8 Å². The number of benzene rings is 1. The number of nitrogens with zero attached hydrogens (tertiary/aromatic N) is 3. The summed E-state index contributed by atoms with van der Waals surface area (Å²) in [5.74, 6) is 0.00548. The molecule has 0 aliphatic heterocycles. The molecule has 3 rings (SSSR count). The number of pyridine rings is 1. The van der Waals surface area contributed by atoms with Crippen LogP contribution in [0.15, 0.2) is 59.8 Å². The number of rotatable bonds is 7. The molecule has 0 saturated heterocycles. The van der Waals surface area contributed by atoms with Gasteiger partial charge in [-0.3, -0.25) is 14.5 Å². The monoisotopic (exact) mass is 380 g/mol. The van der Waals surface area contributed by atoms with Gasteiger partial charge in [0, 0.05) is 35.2 Å². The van der Waals surface area contributed by atoms with E-state index in [1.54, 1.807) is 17.1 Å². The first-order valence-corrected chi connectivity index (χ1v) is 9.85. The number of nitrogens with one attached hydrogen (secondary N) is 1. The Morgan fingerprint density at radius 1 is 1.15 bits per heavy atom. The van der Waals surface area contributed by atoms with Gasteiger partial charge >= 0.3 is 0 Å². The molecule has 0 radical (unpaired) electrons. The molecule has 3 aromatic rings. The van der Waals surface area contributed by atoms with Gasteiger partial charge < -0.3 is 5.32 Å². The Balaban J connectivity index is 1.56. The standard InChI is InChI=1S/C21H24N4OS/c1-15(2)27-19-6-4-16(5-7-19)12-21(26)23-14-18-13-20(24-25(18)3)17-8-10-22-11-9-17/h4-11,13,15H,12,14H2,1-3H3,(H,23,26). The molecule has 27 heavy (non-hydrogen) atoms. The summed E-state index contributed by atoms with van der Waals surface area (Å²) >= 11 is 1.82. The van der Waals surface area contributed by atoms with E-state index in [9.17, 15) is 4.79 Å². The third-order valence-corrected chi connectivity index (χ3v) is 5.10. The van der Waals surface area contributed by atoms with Crippen LogP contribution in [0.5, 0.6) is 0 Å². The zero-order chi connectivity index (χ0) is 19.2. The predicted octanol–water partition coefficient (Wildman–Crippen LogP) is 3.84. The summed E-state index contributed by atoms with van der Waals surface area (Å²) in [4.78, 5) is 17.5. The third-order valence-electron chi connectivity index (χ3n) is 4.08. The Kier molecular flexibility index (Phi) is 6.29. The van der Waals surface area contributed by atoms with Crippen molar-refractivity contribution in [2.75, 3.05) is 0 Å². The van der Waals surface area contributed by atoms with E-state index in [4.69, 9.17) is 0 Å². The second kappa shape index (κ2) is 8.86. The molecule has 1 N–H and O–H groups in total. The van der Waals surface area contributed by atoms with Crippen LogP contribution in [-0.4, -0.2) is 25.9 Å². The van der Waals surface area contributed by atoms with E-state index in [0.717, 1.165) is 22.5 Å². The average molecular weight is 381 g/mol. The summed E-state index contributed by atoms with van der Waals surface area (Å²) in [6, 6.07) is 14.0. The molecule has 1 amide bonds. The van der Waals surface area contributed by atoms with E-state index in [1.165, 1.54) is 4.90 Å². The lowest BCUT2D eigenvalue weighted by atomic mass is 10.1. The van der Waals surface area contributed by atoms with Crippen molar-refractivity contribution in [2.45, 2.75) is 37.0 Å². The summed E-state index contributed by atoms with van der Waals surface area (Å²) in [5.41, 5.74) is 3.86. The molecule has 0 spiro atoms. The highest BCUT2D eigenvalue weighted by Crippen LogP contribution is 2.23. The van der Waals surface area contributed by atoms with Crippen LogP contribution in [0, 0.1) is 0 Å². The fourth-order valence-electron chi connectivity index (χ4n) is 2.73. The van der Waals surface area contributed by atoms with E-state index in [2.05, 4.69) is 41.4 Å². The van der Waals surface area contributed by atoms with E-state index >= 15 is 0 Å². The van der Waals surface area contributed by atoms with Crippen LogP contribution in [-0.2, 0) is 24.8 Å². The van der Waals surface area contributed by atoms with Gasteiger partial charge in [-0.05, 0) is 35.9 Å². The molecule has 0 aliphatic carbocycles. The van der Waals surface area contributed by atoms with Gasteiger partial charge in [0.2, 0.25) is 5.91 Å². The Morgan fingerprint density at radius 3 is 2.52 bits per heavy atom. The van der Waals surface area contributed by atoms with Crippen LogP contribution >= 0.6 is 11.8 Å². The minimum atomic E-state index is 0.00548. The quantitative estimate of drug-likeness (QED) is 0.633. The first kappa shape index (κ1) is 19.2. The molecule has 2 aromatic heterocycles. The lowest BCUT2D eigenvalue weighted by Crippen LogP contribution is -2.25. The Labute approximate surface area is 164 Å². The van der Waals surface area contributed by atoms with Crippen molar-refractivity contribution in [1.29, 1.82) is 0 Å². The Bertz CT molecular complexity index is 888. The van der Waals surface area contributed by atoms with Crippen LogP contribution in [0.1, 0.15) is 25.1 Å². The number of thioether (sulfide) groups is 1. The van der Waals surface area contributed by atoms with E-state index in [0.29, 0.717) is 18.2 Å². The summed E-state index contributed by atoms with van der Waals surface area (Å²) in [6.45, 7) is 4.80. The van der Waals surface area contributed by atoms with Gasteiger partial charge in [0.25, 0.3) is 0 Å². The second-order valence-electron chi connectivity index (χ2n) is 6.64. The van der Waals surface area contributed by atoms with E-state index < -0.39 is 0 Å². The zero-order valence-electron chi connectivity index (χ0n) is 15.8. The maximum atomic E-state index is 12.3. The lowest BCUT2D eigenvalue weighted by Gasteiger charge is -2.07. The highest BCUT2D eigenvalue weighted by atomic mass is 32.2. The van der Waals surface area contributed by atoms with Crippen LogP contribution in [0.2, 0.25) is 0 Å². The maximum Gasteiger partial charge on any atom is 0.224 e. The number of carbonyl (C=O) groups is 1. The van der Waals surface area contributed by atoms with Crippen LogP contribution < -0.4 is 5.32 Å².